The molecule has 1 rings (SSSR count). The van der Waals surface area contributed by atoms with Crippen LogP contribution < -0.4 is 62.6 Å². The third-order valence-electron chi connectivity index (χ3n) is 1.77. The minimum atomic E-state index is -5.53. The maximum atomic E-state index is 12.2. The Kier molecular flexibility index (Phi) is 5.40. The van der Waals surface area contributed by atoms with Gasteiger partial charge in [-0.2, -0.15) is 13.2 Å². The van der Waals surface area contributed by atoms with Gasteiger partial charge in [0, 0.05) is 5.69 Å². The van der Waals surface area contributed by atoms with E-state index in [4.69, 9.17) is 5.73 Å². The summed E-state index contributed by atoms with van der Waals surface area (Å²) >= 11 is 0. The quantitative estimate of drug-likeness (QED) is 0.408. The molecule has 0 amide bonds. The topological polar surface area (TPSA) is 26.0 Å². The first-order valence-electron chi connectivity index (χ1n) is 3.79. The fourth-order valence-corrected chi connectivity index (χ4v) is 1.03. The van der Waals surface area contributed by atoms with Crippen molar-refractivity contribution in [2.45, 2.75) is 6.18 Å². The first-order valence-corrected chi connectivity index (χ1v) is 3.79. The van der Waals surface area contributed by atoms with Gasteiger partial charge in [0.15, 0.2) is 0 Å². The van der Waals surface area contributed by atoms with Crippen LogP contribution in [0.15, 0.2) is 18.2 Å². The molecule has 1 aromatic carbocycles. The van der Waals surface area contributed by atoms with Gasteiger partial charge in [-0.25, -0.2) is 0 Å². The molecule has 0 fully saturated rings. The summed E-state index contributed by atoms with van der Waals surface area (Å²) in [6.45, 7) is -5.53. The second-order valence-corrected chi connectivity index (χ2v) is 2.92. The van der Waals surface area contributed by atoms with Gasteiger partial charge in [0.05, 0.1) is 5.56 Å². The predicted molar refractivity (Wildman–Crippen MR) is 44.6 cm³/mol. The van der Waals surface area contributed by atoms with Crippen molar-refractivity contribution in [1.29, 1.82) is 0 Å². The molecule has 0 bridgehead atoms. The molecule has 1 aromatic rings. The molecule has 84 valence electrons. The largest absolute Gasteiger partial charge is 1.00 e. The molecular weight excluding hydrogens is 262 g/mol. The van der Waals surface area contributed by atoms with Gasteiger partial charge < -0.3 is 18.7 Å². The van der Waals surface area contributed by atoms with Crippen LogP contribution in [0.25, 0.3) is 0 Å². The van der Waals surface area contributed by atoms with E-state index >= 15 is 0 Å². The fourth-order valence-electron chi connectivity index (χ4n) is 1.03. The second-order valence-electron chi connectivity index (χ2n) is 2.92. The summed E-state index contributed by atoms with van der Waals surface area (Å²) in [7, 11) is 0. The molecule has 1 nitrogen and oxygen atoms in total. The zero-order valence-corrected chi connectivity index (χ0v) is 11.3. The minimum absolute atomic E-state index is 0. The predicted octanol–water partition coefficient (Wildman–Crippen LogP) is -0.654. The normalized spacial score (nSPS) is 12.1. The van der Waals surface area contributed by atoms with Gasteiger partial charge in [0.25, 0.3) is 0 Å². The Morgan fingerprint density at radius 3 is 1.94 bits per heavy atom. The maximum absolute atomic E-state index is 12.2. The first-order chi connectivity index (χ1) is 6.62. The molecule has 16 heavy (non-hydrogen) atoms. The van der Waals surface area contributed by atoms with Gasteiger partial charge in [0.1, 0.15) is 0 Å². The fraction of sp³-hybridized carbons (Fsp3) is 0.143. The number of halogens is 6. The number of alkyl halides is 3. The Labute approximate surface area is 130 Å². The molecule has 0 spiro atoms. The van der Waals surface area contributed by atoms with E-state index in [-0.39, 0.29) is 57.5 Å². The molecule has 2 N–H and O–H groups in total. The number of rotatable bonds is 1. The van der Waals surface area contributed by atoms with E-state index in [1.807, 2.05) is 0 Å². The molecule has 0 aliphatic heterocycles. The van der Waals surface area contributed by atoms with E-state index in [0.29, 0.717) is 12.1 Å². The Bertz CT molecular complexity index is 374. The van der Waals surface area contributed by atoms with Gasteiger partial charge in [-0.1, -0.05) is 11.5 Å². The van der Waals surface area contributed by atoms with Crippen LogP contribution in [0.1, 0.15) is 5.56 Å². The van der Waals surface area contributed by atoms with Crippen molar-refractivity contribution >= 4 is 18.1 Å². The van der Waals surface area contributed by atoms with Gasteiger partial charge in [-0.3, -0.25) is 0 Å². The average Bonchev–Trinajstić information content (AvgIpc) is 2.00. The van der Waals surface area contributed by atoms with E-state index in [1.54, 1.807) is 0 Å². The molecule has 0 aromatic heterocycles. The van der Waals surface area contributed by atoms with E-state index in [2.05, 4.69) is 0 Å². The second kappa shape index (κ2) is 5.30. The number of nitrogen functional groups attached to an aromatic ring is 1. The van der Waals surface area contributed by atoms with Gasteiger partial charge in [-0.15, -0.1) is 0 Å². The van der Waals surface area contributed by atoms with Crippen molar-refractivity contribution in [2.75, 3.05) is 5.73 Å². The standard InChI is InChI=1S/C7H5BF6N.K/c9-7(10,11)4-1-2-6(15)5(3-4)8(12,13)14;/h1-3H,15H2;/q-1;+1. The number of hydrogen-bond donors (Lipinski definition) is 1. The molecule has 0 saturated carbocycles. The first kappa shape index (κ1) is 16.3. The summed E-state index contributed by atoms with van der Waals surface area (Å²) < 4.78 is 73.0. The summed E-state index contributed by atoms with van der Waals surface area (Å²) in [6, 6.07) is 1.14. The van der Waals surface area contributed by atoms with Gasteiger partial charge >= 0.3 is 64.5 Å². The van der Waals surface area contributed by atoms with E-state index in [9.17, 15) is 26.1 Å². The van der Waals surface area contributed by atoms with Gasteiger partial charge in [-0.05, 0) is 12.1 Å². The Morgan fingerprint density at radius 2 is 1.56 bits per heavy atom. The maximum Gasteiger partial charge on any atom is 1.00 e. The Hall–Kier alpha value is 0.301. The molecule has 0 heterocycles. The van der Waals surface area contributed by atoms with Crippen LogP contribution in [0.3, 0.4) is 0 Å². The van der Waals surface area contributed by atoms with Crippen molar-refractivity contribution in [3.63, 3.8) is 0 Å². The van der Waals surface area contributed by atoms with E-state index in [0.717, 1.165) is 0 Å². The van der Waals surface area contributed by atoms with Crippen LogP contribution in [0, 0.1) is 0 Å². The molecule has 0 atom stereocenters. The Balaban J connectivity index is 0.00000225. The number of anilines is 1. The average molecular weight is 267 g/mol. The minimum Gasteiger partial charge on any atom is -0.445 e. The number of nitrogens with two attached hydrogens (primary N) is 1. The van der Waals surface area contributed by atoms with Crippen LogP contribution in [0.2, 0.25) is 0 Å². The third-order valence-corrected chi connectivity index (χ3v) is 1.77. The van der Waals surface area contributed by atoms with Crippen molar-refractivity contribution < 1.29 is 77.5 Å². The SMILES string of the molecule is Nc1ccc(C(F)(F)F)cc1[B-](F)(F)F.[K+]. The van der Waals surface area contributed by atoms with Crippen LogP contribution in [0.5, 0.6) is 0 Å². The van der Waals surface area contributed by atoms with Crippen LogP contribution in [0.4, 0.5) is 31.8 Å². The monoisotopic (exact) mass is 267 g/mol. The van der Waals surface area contributed by atoms with Crippen molar-refractivity contribution in [1.82, 2.24) is 0 Å². The van der Waals surface area contributed by atoms with Crippen molar-refractivity contribution in [3.8, 4) is 0 Å². The molecule has 9 heteroatoms. The van der Waals surface area contributed by atoms with Crippen LogP contribution in [-0.4, -0.2) is 6.98 Å². The summed E-state index contributed by atoms with van der Waals surface area (Å²) in [4.78, 5) is 0. The molecule has 0 aliphatic rings. The zero-order chi connectivity index (χ0) is 11.9. The molecule has 0 saturated heterocycles. The van der Waals surface area contributed by atoms with Crippen LogP contribution in [-0.2, 0) is 6.18 Å². The van der Waals surface area contributed by atoms with E-state index in [1.165, 1.54) is 0 Å². The number of hydrogen-bond acceptors (Lipinski definition) is 1. The van der Waals surface area contributed by atoms with Crippen LogP contribution >= 0.6 is 0 Å². The van der Waals surface area contributed by atoms with Crippen molar-refractivity contribution in [3.05, 3.63) is 23.8 Å². The summed E-state index contributed by atoms with van der Waals surface area (Å²) in [5.74, 6) is 0. The van der Waals surface area contributed by atoms with Crippen molar-refractivity contribution in [2.24, 2.45) is 0 Å². The molecule has 0 radical (unpaired) electrons. The van der Waals surface area contributed by atoms with E-state index < -0.39 is 29.9 Å². The third kappa shape index (κ3) is 3.95. The molecule has 0 aliphatic carbocycles. The number of benzene rings is 1. The molecular formula is C7H5BF6KN. The smallest absolute Gasteiger partial charge is 0.445 e. The summed E-state index contributed by atoms with van der Waals surface area (Å²) in [5.41, 5.74) is 1.48. The summed E-state index contributed by atoms with van der Waals surface area (Å²) in [6.07, 6.45) is -4.80. The van der Waals surface area contributed by atoms with Gasteiger partial charge in [0.2, 0.25) is 0 Å². The molecule has 0 unspecified atom stereocenters. The Morgan fingerprint density at radius 1 is 1.06 bits per heavy atom. The zero-order valence-electron chi connectivity index (χ0n) is 8.15. The summed E-state index contributed by atoms with van der Waals surface area (Å²) in [5, 5.41) is 0.